The van der Waals surface area contributed by atoms with Crippen LogP contribution in [0, 0.1) is 0 Å². The van der Waals surface area contributed by atoms with E-state index in [1.807, 2.05) is 0 Å². The summed E-state index contributed by atoms with van der Waals surface area (Å²) in [7, 11) is 0. The second-order valence-corrected chi connectivity index (χ2v) is 2.03. The molecule has 1 aromatic carbocycles. The van der Waals surface area contributed by atoms with Crippen LogP contribution in [0.2, 0.25) is 0 Å². The molecular formula is C8H8F2. The van der Waals surface area contributed by atoms with E-state index in [9.17, 15) is 8.78 Å². The lowest BCUT2D eigenvalue weighted by atomic mass is 10.1. The average Bonchev–Trinajstić information content (AvgIpc) is 2.05. The number of hydrogen-bond acceptors (Lipinski definition) is 0. The Hall–Kier alpha value is -0.920. The Balaban J connectivity index is 2.75. The molecule has 1 rings (SSSR count). The quantitative estimate of drug-likeness (QED) is 0.595. The predicted octanol–water partition coefficient (Wildman–Crippen LogP) is 2.67. The number of benzene rings is 1. The molecule has 1 unspecified atom stereocenters. The maximum Gasteiger partial charge on any atom is 0.153 e. The molecule has 0 nitrogen and oxygen atoms in total. The van der Waals surface area contributed by atoms with Crippen molar-refractivity contribution in [2.45, 2.75) is 6.17 Å². The van der Waals surface area contributed by atoms with Crippen LogP contribution in [0.5, 0.6) is 0 Å². The van der Waals surface area contributed by atoms with Crippen LogP contribution in [-0.2, 0) is 0 Å². The summed E-state index contributed by atoms with van der Waals surface area (Å²) in [6, 6.07) is 8.30. The van der Waals surface area contributed by atoms with E-state index in [0.29, 0.717) is 5.56 Å². The van der Waals surface area contributed by atoms with Crippen molar-refractivity contribution in [2.24, 2.45) is 0 Å². The third-order valence-corrected chi connectivity index (χ3v) is 1.30. The first-order chi connectivity index (χ1) is 4.84. The molecule has 0 saturated heterocycles. The van der Waals surface area contributed by atoms with Crippen LogP contribution < -0.4 is 0 Å². The zero-order valence-electron chi connectivity index (χ0n) is 5.43. The van der Waals surface area contributed by atoms with Gasteiger partial charge in [0.1, 0.15) is 6.67 Å². The van der Waals surface area contributed by atoms with Gasteiger partial charge in [-0.25, -0.2) is 8.78 Å². The summed E-state index contributed by atoms with van der Waals surface area (Å²) in [6.07, 6.45) is -1.46. The molecule has 0 bridgehead atoms. The summed E-state index contributed by atoms with van der Waals surface area (Å²) in [5.41, 5.74) is 0.407. The first-order valence-electron chi connectivity index (χ1n) is 3.09. The van der Waals surface area contributed by atoms with Crippen molar-refractivity contribution >= 4 is 0 Å². The fraction of sp³-hybridized carbons (Fsp3) is 0.250. The summed E-state index contributed by atoms with van der Waals surface area (Å²) < 4.78 is 24.2. The van der Waals surface area contributed by atoms with Crippen LogP contribution >= 0.6 is 0 Å². The van der Waals surface area contributed by atoms with Gasteiger partial charge in [0.2, 0.25) is 0 Å². The lowest BCUT2D eigenvalue weighted by Gasteiger charge is -2.00. The third-order valence-electron chi connectivity index (χ3n) is 1.30. The van der Waals surface area contributed by atoms with Crippen LogP contribution in [0.4, 0.5) is 8.78 Å². The summed E-state index contributed by atoms with van der Waals surface area (Å²) in [4.78, 5) is 0. The van der Waals surface area contributed by atoms with Crippen molar-refractivity contribution in [2.75, 3.05) is 6.67 Å². The summed E-state index contributed by atoms with van der Waals surface area (Å²) in [5, 5.41) is 0. The van der Waals surface area contributed by atoms with E-state index in [4.69, 9.17) is 0 Å². The normalized spacial score (nSPS) is 13.0. The zero-order valence-corrected chi connectivity index (χ0v) is 5.43. The van der Waals surface area contributed by atoms with E-state index in [2.05, 4.69) is 0 Å². The van der Waals surface area contributed by atoms with Crippen molar-refractivity contribution in [3.63, 3.8) is 0 Å². The maximum atomic E-state index is 12.5. The molecule has 0 heterocycles. The minimum absolute atomic E-state index is 0.407. The monoisotopic (exact) mass is 142 g/mol. The van der Waals surface area contributed by atoms with E-state index in [-0.39, 0.29) is 0 Å². The van der Waals surface area contributed by atoms with Crippen LogP contribution in [0.15, 0.2) is 30.3 Å². The summed E-state index contributed by atoms with van der Waals surface area (Å²) >= 11 is 0. The molecule has 0 amide bonds. The van der Waals surface area contributed by atoms with E-state index in [1.54, 1.807) is 30.3 Å². The highest BCUT2D eigenvalue weighted by Crippen LogP contribution is 2.16. The van der Waals surface area contributed by atoms with Crippen molar-refractivity contribution in [1.29, 1.82) is 0 Å². The molecular weight excluding hydrogens is 134 g/mol. The van der Waals surface area contributed by atoms with Gasteiger partial charge in [-0.15, -0.1) is 0 Å². The highest BCUT2D eigenvalue weighted by atomic mass is 19.2. The van der Waals surface area contributed by atoms with Gasteiger partial charge in [0.25, 0.3) is 0 Å². The van der Waals surface area contributed by atoms with Crippen LogP contribution in [-0.4, -0.2) is 6.67 Å². The SMILES string of the molecule is FCC(F)c1ccccc1. The van der Waals surface area contributed by atoms with Crippen molar-refractivity contribution in [3.8, 4) is 0 Å². The fourth-order valence-electron chi connectivity index (χ4n) is 0.751. The minimum Gasteiger partial charge on any atom is -0.248 e. The Kier molecular flexibility index (Phi) is 2.37. The van der Waals surface area contributed by atoms with Crippen molar-refractivity contribution < 1.29 is 8.78 Å². The van der Waals surface area contributed by atoms with Crippen LogP contribution in [0.1, 0.15) is 11.7 Å². The Labute approximate surface area is 58.5 Å². The largest absolute Gasteiger partial charge is 0.248 e. The standard InChI is InChI=1S/C8H8F2/c9-6-8(10)7-4-2-1-3-5-7/h1-5,8H,6H2. The first-order valence-corrected chi connectivity index (χ1v) is 3.09. The summed E-state index contributed by atoms with van der Waals surface area (Å²) in [5.74, 6) is 0. The smallest absolute Gasteiger partial charge is 0.153 e. The van der Waals surface area contributed by atoms with Gasteiger partial charge < -0.3 is 0 Å². The molecule has 2 heteroatoms. The number of halogens is 2. The Morgan fingerprint density at radius 3 is 2.30 bits per heavy atom. The molecule has 1 atom stereocenters. The molecule has 0 aliphatic rings. The molecule has 0 radical (unpaired) electrons. The average molecular weight is 142 g/mol. The molecule has 0 aliphatic carbocycles. The van der Waals surface area contributed by atoms with Gasteiger partial charge in [-0.2, -0.15) is 0 Å². The molecule has 0 aromatic heterocycles. The first kappa shape index (κ1) is 7.19. The number of alkyl halides is 2. The van der Waals surface area contributed by atoms with Gasteiger partial charge >= 0.3 is 0 Å². The van der Waals surface area contributed by atoms with Gasteiger partial charge in [0.15, 0.2) is 6.17 Å². The molecule has 10 heavy (non-hydrogen) atoms. The van der Waals surface area contributed by atoms with Gasteiger partial charge in [0.05, 0.1) is 0 Å². The summed E-state index contributed by atoms with van der Waals surface area (Å²) in [6.45, 7) is -0.940. The molecule has 54 valence electrons. The minimum atomic E-state index is -1.46. The number of hydrogen-bond donors (Lipinski definition) is 0. The molecule has 0 N–H and O–H groups in total. The van der Waals surface area contributed by atoms with Crippen LogP contribution in [0.3, 0.4) is 0 Å². The van der Waals surface area contributed by atoms with E-state index in [1.165, 1.54) is 0 Å². The zero-order chi connectivity index (χ0) is 7.40. The molecule has 0 fully saturated rings. The molecule has 0 spiro atoms. The highest BCUT2D eigenvalue weighted by Gasteiger charge is 2.06. The molecule has 1 aromatic rings. The Morgan fingerprint density at radius 1 is 1.20 bits per heavy atom. The fourth-order valence-corrected chi connectivity index (χ4v) is 0.751. The maximum absolute atomic E-state index is 12.5. The predicted molar refractivity (Wildman–Crippen MR) is 36.3 cm³/mol. The Morgan fingerprint density at radius 2 is 1.80 bits per heavy atom. The van der Waals surface area contributed by atoms with Crippen molar-refractivity contribution in [3.05, 3.63) is 35.9 Å². The highest BCUT2D eigenvalue weighted by molar-refractivity contribution is 5.17. The van der Waals surface area contributed by atoms with E-state index < -0.39 is 12.8 Å². The van der Waals surface area contributed by atoms with E-state index >= 15 is 0 Å². The number of rotatable bonds is 2. The lowest BCUT2D eigenvalue weighted by Crippen LogP contribution is -1.91. The van der Waals surface area contributed by atoms with E-state index in [0.717, 1.165) is 0 Å². The molecule has 0 aliphatic heterocycles. The van der Waals surface area contributed by atoms with Gasteiger partial charge in [0, 0.05) is 0 Å². The third kappa shape index (κ3) is 1.53. The second-order valence-electron chi connectivity index (χ2n) is 2.03. The Bertz CT molecular complexity index is 184. The van der Waals surface area contributed by atoms with Crippen LogP contribution in [0.25, 0.3) is 0 Å². The second kappa shape index (κ2) is 3.30. The van der Waals surface area contributed by atoms with Gasteiger partial charge in [-0.3, -0.25) is 0 Å². The van der Waals surface area contributed by atoms with Crippen molar-refractivity contribution in [1.82, 2.24) is 0 Å². The van der Waals surface area contributed by atoms with Gasteiger partial charge in [-0.1, -0.05) is 30.3 Å². The van der Waals surface area contributed by atoms with Gasteiger partial charge in [-0.05, 0) is 5.56 Å². The topological polar surface area (TPSA) is 0 Å². The molecule has 0 saturated carbocycles. The lowest BCUT2D eigenvalue weighted by molar-refractivity contribution is 0.266.